The molecule has 0 aliphatic heterocycles. The first-order valence-electron chi connectivity index (χ1n) is 8.14. The molecule has 0 aliphatic rings. The molecule has 8 heteroatoms. The van der Waals surface area contributed by atoms with Crippen LogP contribution in [0.15, 0.2) is 66.4 Å². The van der Waals surface area contributed by atoms with Gasteiger partial charge in [-0.25, -0.2) is 19.0 Å². The van der Waals surface area contributed by atoms with Gasteiger partial charge in [-0.05, 0) is 36.4 Å². The van der Waals surface area contributed by atoms with Gasteiger partial charge in [0.05, 0.1) is 0 Å². The summed E-state index contributed by atoms with van der Waals surface area (Å²) >= 11 is 1.34. The Labute approximate surface area is 158 Å². The Morgan fingerprint density at radius 1 is 1.15 bits per heavy atom. The number of carbonyl (C=O) groups is 1. The highest BCUT2D eigenvalue weighted by atomic mass is 32.1. The van der Waals surface area contributed by atoms with E-state index >= 15 is 0 Å². The third-order valence-electron chi connectivity index (χ3n) is 3.86. The summed E-state index contributed by atoms with van der Waals surface area (Å²) < 4.78 is 14.7. The van der Waals surface area contributed by atoms with E-state index in [9.17, 15) is 9.18 Å². The van der Waals surface area contributed by atoms with Crippen molar-refractivity contribution in [1.82, 2.24) is 25.1 Å². The fourth-order valence-corrected chi connectivity index (χ4v) is 3.34. The topological polar surface area (TPSA) is 72.7 Å². The molecule has 1 amide bonds. The van der Waals surface area contributed by atoms with Crippen molar-refractivity contribution in [1.29, 1.82) is 0 Å². The van der Waals surface area contributed by atoms with Gasteiger partial charge in [0.2, 0.25) is 0 Å². The lowest BCUT2D eigenvalue weighted by atomic mass is 10.2. The summed E-state index contributed by atoms with van der Waals surface area (Å²) in [5.74, 6) is 0.0701. The fourth-order valence-electron chi connectivity index (χ4n) is 2.54. The number of hydrogen-bond acceptors (Lipinski definition) is 5. The molecule has 3 aromatic heterocycles. The monoisotopic (exact) mass is 379 g/mol. The van der Waals surface area contributed by atoms with E-state index in [1.54, 1.807) is 40.8 Å². The zero-order valence-electron chi connectivity index (χ0n) is 14.0. The van der Waals surface area contributed by atoms with Crippen molar-refractivity contribution in [3.8, 4) is 16.4 Å². The molecular weight excluding hydrogens is 365 g/mol. The number of nitrogens with one attached hydrogen (secondary N) is 1. The lowest BCUT2D eigenvalue weighted by Gasteiger charge is -2.09. The minimum Gasteiger partial charge on any atom is -0.346 e. The van der Waals surface area contributed by atoms with E-state index in [4.69, 9.17) is 0 Å². The predicted molar refractivity (Wildman–Crippen MR) is 100 cm³/mol. The number of aromatic nitrogens is 4. The molecule has 1 N–H and O–H groups in total. The van der Waals surface area contributed by atoms with Crippen LogP contribution in [0.3, 0.4) is 0 Å². The third kappa shape index (κ3) is 3.75. The van der Waals surface area contributed by atoms with E-state index in [0.29, 0.717) is 23.1 Å². The second-order valence-electron chi connectivity index (χ2n) is 5.66. The average Bonchev–Trinajstić information content (AvgIpc) is 3.39. The molecule has 0 radical (unpaired) electrons. The summed E-state index contributed by atoms with van der Waals surface area (Å²) in [5.41, 5.74) is 1.93. The molecule has 0 unspecified atom stereocenters. The van der Waals surface area contributed by atoms with E-state index < -0.39 is 0 Å². The minimum absolute atomic E-state index is 0.283. The van der Waals surface area contributed by atoms with Gasteiger partial charge in [-0.2, -0.15) is 5.10 Å². The average molecular weight is 379 g/mol. The third-order valence-corrected chi connectivity index (χ3v) is 4.75. The molecule has 27 heavy (non-hydrogen) atoms. The van der Waals surface area contributed by atoms with Crippen molar-refractivity contribution in [2.24, 2.45) is 0 Å². The van der Waals surface area contributed by atoms with Crippen molar-refractivity contribution in [3.05, 3.63) is 83.5 Å². The molecule has 134 valence electrons. The van der Waals surface area contributed by atoms with Gasteiger partial charge in [0.15, 0.2) is 5.82 Å². The number of benzene rings is 1. The Bertz CT molecular complexity index is 1060. The van der Waals surface area contributed by atoms with Gasteiger partial charge in [0, 0.05) is 41.6 Å². The lowest BCUT2D eigenvalue weighted by molar-refractivity contribution is 0.0946. The van der Waals surface area contributed by atoms with E-state index in [0.717, 1.165) is 11.1 Å². The number of halogens is 1. The largest absolute Gasteiger partial charge is 0.346 e. The van der Waals surface area contributed by atoms with Crippen LogP contribution in [0, 0.1) is 5.82 Å². The SMILES string of the molecule is O=C(NCc1cccnc1-n1cccn1)c1csc(-c2ccc(F)cc2)n1. The maximum atomic E-state index is 13.0. The summed E-state index contributed by atoms with van der Waals surface area (Å²) in [7, 11) is 0. The standard InChI is InChI=1S/C19H14FN5OS/c20-15-6-4-13(5-7-15)19-24-16(12-27-19)18(26)22-11-14-3-1-8-21-17(14)25-10-2-9-23-25/h1-10,12H,11H2,(H,22,26). The zero-order valence-corrected chi connectivity index (χ0v) is 14.9. The zero-order chi connectivity index (χ0) is 18.6. The van der Waals surface area contributed by atoms with Gasteiger partial charge in [0.25, 0.3) is 5.91 Å². The first-order chi connectivity index (χ1) is 13.2. The number of hydrogen-bond donors (Lipinski definition) is 1. The molecule has 0 fully saturated rings. The van der Waals surface area contributed by atoms with E-state index in [2.05, 4.69) is 20.4 Å². The molecule has 0 atom stereocenters. The smallest absolute Gasteiger partial charge is 0.271 e. The van der Waals surface area contributed by atoms with Gasteiger partial charge in [0.1, 0.15) is 16.5 Å². The molecule has 4 aromatic rings. The normalized spacial score (nSPS) is 10.7. The molecular formula is C19H14FN5OS. The molecule has 1 aromatic carbocycles. The maximum Gasteiger partial charge on any atom is 0.271 e. The van der Waals surface area contributed by atoms with Gasteiger partial charge in [-0.1, -0.05) is 6.07 Å². The summed E-state index contributed by atoms with van der Waals surface area (Å²) in [6, 6.07) is 11.5. The molecule has 6 nitrogen and oxygen atoms in total. The van der Waals surface area contributed by atoms with Gasteiger partial charge in [-0.3, -0.25) is 4.79 Å². The van der Waals surface area contributed by atoms with Gasteiger partial charge >= 0.3 is 0 Å². The Kier molecular flexibility index (Phi) is 4.71. The molecule has 0 aliphatic carbocycles. The Morgan fingerprint density at radius 3 is 2.78 bits per heavy atom. The second-order valence-corrected chi connectivity index (χ2v) is 6.52. The van der Waals surface area contributed by atoms with Gasteiger partial charge in [-0.15, -0.1) is 11.3 Å². The highest BCUT2D eigenvalue weighted by Crippen LogP contribution is 2.24. The van der Waals surface area contributed by atoms with Crippen molar-refractivity contribution in [2.75, 3.05) is 0 Å². The molecule has 0 bridgehead atoms. The molecule has 0 saturated carbocycles. The van der Waals surface area contributed by atoms with Crippen LogP contribution in [0.2, 0.25) is 0 Å². The summed E-state index contributed by atoms with van der Waals surface area (Å²) in [6.45, 7) is 0.297. The number of carbonyl (C=O) groups excluding carboxylic acids is 1. The van der Waals surface area contributed by atoms with Gasteiger partial charge < -0.3 is 5.32 Å². The van der Waals surface area contributed by atoms with Crippen molar-refractivity contribution < 1.29 is 9.18 Å². The van der Waals surface area contributed by atoms with Crippen LogP contribution in [-0.2, 0) is 6.54 Å². The molecule has 4 rings (SSSR count). The van der Waals surface area contributed by atoms with E-state index in [1.807, 2.05) is 18.2 Å². The number of nitrogens with zero attached hydrogens (tertiary/aromatic N) is 4. The lowest BCUT2D eigenvalue weighted by Crippen LogP contribution is -2.24. The number of amides is 1. The van der Waals surface area contributed by atoms with E-state index in [1.165, 1.54) is 23.5 Å². The van der Waals surface area contributed by atoms with E-state index in [-0.39, 0.29) is 11.7 Å². The van der Waals surface area contributed by atoms with Crippen molar-refractivity contribution in [2.45, 2.75) is 6.54 Å². The van der Waals surface area contributed by atoms with Crippen LogP contribution in [0.5, 0.6) is 0 Å². The first kappa shape index (κ1) is 17.0. The van der Waals surface area contributed by atoms with Crippen LogP contribution < -0.4 is 5.32 Å². The molecule has 3 heterocycles. The van der Waals surface area contributed by atoms with Crippen LogP contribution in [-0.4, -0.2) is 25.7 Å². The van der Waals surface area contributed by atoms with Crippen LogP contribution in [0.4, 0.5) is 4.39 Å². The predicted octanol–water partition coefficient (Wildman–Crippen LogP) is 3.46. The van der Waals surface area contributed by atoms with Crippen molar-refractivity contribution in [3.63, 3.8) is 0 Å². The Morgan fingerprint density at radius 2 is 2.00 bits per heavy atom. The van der Waals surface area contributed by atoms with Crippen LogP contribution in [0.25, 0.3) is 16.4 Å². The minimum atomic E-state index is -0.308. The Hall–Kier alpha value is -3.39. The molecule has 0 spiro atoms. The Balaban J connectivity index is 1.47. The summed E-state index contributed by atoms with van der Waals surface area (Å²) in [6.07, 6.45) is 5.14. The fraction of sp³-hybridized carbons (Fsp3) is 0.0526. The summed E-state index contributed by atoms with van der Waals surface area (Å²) in [5, 5.41) is 9.39. The number of thiazole rings is 1. The highest BCUT2D eigenvalue weighted by molar-refractivity contribution is 7.13. The first-order valence-corrected chi connectivity index (χ1v) is 9.02. The maximum absolute atomic E-state index is 13.0. The van der Waals surface area contributed by atoms with Crippen LogP contribution in [0.1, 0.15) is 16.1 Å². The van der Waals surface area contributed by atoms with Crippen molar-refractivity contribution >= 4 is 17.2 Å². The van der Waals surface area contributed by atoms with Crippen LogP contribution >= 0.6 is 11.3 Å². The molecule has 0 saturated heterocycles. The number of pyridine rings is 1. The summed E-state index contributed by atoms with van der Waals surface area (Å²) in [4.78, 5) is 21.1. The highest BCUT2D eigenvalue weighted by Gasteiger charge is 2.13. The number of rotatable bonds is 5. The quantitative estimate of drug-likeness (QED) is 0.576. The second kappa shape index (κ2) is 7.46.